The summed E-state index contributed by atoms with van der Waals surface area (Å²) < 4.78 is 3.39. The van der Waals surface area contributed by atoms with Gasteiger partial charge in [-0.15, -0.1) is 0 Å². The van der Waals surface area contributed by atoms with Gasteiger partial charge in [0.1, 0.15) is 5.49 Å². The van der Waals surface area contributed by atoms with Gasteiger partial charge in [-0.25, -0.2) is 0 Å². The van der Waals surface area contributed by atoms with Crippen molar-refractivity contribution in [3.63, 3.8) is 0 Å². The normalized spacial score (nSPS) is 16.9. The third kappa shape index (κ3) is 3.18. The van der Waals surface area contributed by atoms with E-state index in [4.69, 9.17) is 4.99 Å². The molecule has 5 heteroatoms. The summed E-state index contributed by atoms with van der Waals surface area (Å²) in [6.45, 7) is 2.76. The highest BCUT2D eigenvalue weighted by Crippen LogP contribution is 2.19. The molecule has 2 aromatic rings. The Kier molecular flexibility index (Phi) is 4.51. The van der Waals surface area contributed by atoms with Gasteiger partial charge in [-0.05, 0) is 31.9 Å². The Morgan fingerprint density at radius 3 is 2.86 bits per heavy atom. The van der Waals surface area contributed by atoms with Crippen molar-refractivity contribution < 1.29 is 4.79 Å². The summed E-state index contributed by atoms with van der Waals surface area (Å²) in [5, 5.41) is 4.18. The Labute approximate surface area is 130 Å². The molecule has 0 spiro atoms. The van der Waals surface area contributed by atoms with E-state index in [0.29, 0.717) is 11.6 Å². The molecule has 0 aromatic carbocycles. The van der Waals surface area contributed by atoms with Crippen molar-refractivity contribution in [3.8, 4) is 0 Å². The highest BCUT2D eigenvalue weighted by atomic mass is 16.2. The average Bonchev–Trinajstić information content (AvgIpc) is 3.05. The number of carbonyl (C=O) groups is 1. The monoisotopic (exact) mass is 298 g/mol. The number of aryl methyl sites for hydroxylation is 1. The molecular formula is C17H22N4O. The van der Waals surface area contributed by atoms with E-state index in [1.807, 2.05) is 25.1 Å². The lowest BCUT2D eigenvalue weighted by atomic mass is 9.96. The second-order valence-corrected chi connectivity index (χ2v) is 5.74. The summed E-state index contributed by atoms with van der Waals surface area (Å²) >= 11 is 0. The number of nitrogens with zero attached hydrogens (tertiary/aromatic N) is 4. The van der Waals surface area contributed by atoms with Gasteiger partial charge in [0.05, 0.1) is 17.8 Å². The standard InChI is InChI=1S/C17H22N4O/c1-2-20-13-14(12-18-20)17(22)21-11-7-6-10-16(21)19-15-8-4-3-5-9-15/h6-7,10-13,15H,2-5,8-9H2,1H3. The molecule has 22 heavy (non-hydrogen) atoms. The molecule has 0 unspecified atom stereocenters. The number of rotatable bonds is 3. The maximum absolute atomic E-state index is 12.7. The van der Waals surface area contributed by atoms with Crippen LogP contribution in [0.4, 0.5) is 0 Å². The first-order chi connectivity index (χ1) is 10.8. The summed E-state index contributed by atoms with van der Waals surface area (Å²) in [7, 11) is 0. The fraction of sp³-hybridized carbons (Fsp3) is 0.471. The van der Waals surface area contributed by atoms with Crippen LogP contribution >= 0.6 is 0 Å². The topological polar surface area (TPSA) is 52.2 Å². The Bertz CT molecular complexity index is 707. The van der Waals surface area contributed by atoms with E-state index in [1.54, 1.807) is 27.8 Å². The lowest BCUT2D eigenvalue weighted by molar-refractivity contribution is 0.0954. The molecule has 1 saturated carbocycles. The van der Waals surface area contributed by atoms with Crippen molar-refractivity contribution in [3.05, 3.63) is 47.8 Å². The summed E-state index contributed by atoms with van der Waals surface area (Å²) in [6, 6.07) is 6.05. The van der Waals surface area contributed by atoms with Crippen LogP contribution in [0, 0.1) is 0 Å². The van der Waals surface area contributed by atoms with E-state index in [-0.39, 0.29) is 5.91 Å². The van der Waals surface area contributed by atoms with E-state index in [1.165, 1.54) is 19.3 Å². The van der Waals surface area contributed by atoms with Crippen molar-refractivity contribution in [1.29, 1.82) is 0 Å². The zero-order chi connectivity index (χ0) is 15.4. The molecule has 0 amide bonds. The summed E-state index contributed by atoms with van der Waals surface area (Å²) in [5.74, 6) is -0.0742. The Morgan fingerprint density at radius 2 is 2.14 bits per heavy atom. The maximum atomic E-state index is 12.7. The predicted molar refractivity (Wildman–Crippen MR) is 84.5 cm³/mol. The Balaban J connectivity index is 1.93. The van der Waals surface area contributed by atoms with Crippen LogP contribution < -0.4 is 5.49 Å². The molecule has 116 valence electrons. The van der Waals surface area contributed by atoms with Crippen LogP contribution in [-0.2, 0) is 6.54 Å². The molecule has 0 atom stereocenters. The van der Waals surface area contributed by atoms with Crippen LogP contribution in [0.2, 0.25) is 0 Å². The molecule has 1 aliphatic rings. The highest BCUT2D eigenvalue weighted by molar-refractivity contribution is 5.95. The highest BCUT2D eigenvalue weighted by Gasteiger charge is 2.14. The van der Waals surface area contributed by atoms with Gasteiger partial charge >= 0.3 is 0 Å². The minimum Gasteiger partial charge on any atom is -0.272 e. The maximum Gasteiger partial charge on any atom is 0.266 e. The smallest absolute Gasteiger partial charge is 0.266 e. The molecule has 3 rings (SSSR count). The van der Waals surface area contributed by atoms with E-state index in [0.717, 1.165) is 24.9 Å². The van der Waals surface area contributed by atoms with Crippen LogP contribution in [0.5, 0.6) is 0 Å². The quantitative estimate of drug-likeness (QED) is 0.874. The molecule has 0 aliphatic heterocycles. The van der Waals surface area contributed by atoms with Crippen molar-refractivity contribution in [2.24, 2.45) is 4.99 Å². The van der Waals surface area contributed by atoms with Crippen LogP contribution in [0.15, 0.2) is 41.8 Å². The largest absolute Gasteiger partial charge is 0.272 e. The second kappa shape index (κ2) is 6.73. The number of hydrogen-bond acceptors (Lipinski definition) is 3. The van der Waals surface area contributed by atoms with Gasteiger partial charge in [-0.2, -0.15) is 5.10 Å². The zero-order valence-electron chi connectivity index (χ0n) is 13.0. The van der Waals surface area contributed by atoms with Gasteiger partial charge in [0.2, 0.25) is 0 Å². The van der Waals surface area contributed by atoms with Gasteiger partial charge in [0, 0.05) is 18.9 Å². The minimum atomic E-state index is -0.0742. The summed E-state index contributed by atoms with van der Waals surface area (Å²) in [5.41, 5.74) is 1.33. The SMILES string of the molecule is CCn1cc(C(=O)n2ccccc2=NC2CCCCC2)cn1. The van der Waals surface area contributed by atoms with E-state index in [9.17, 15) is 4.79 Å². The average molecular weight is 298 g/mol. The van der Waals surface area contributed by atoms with Gasteiger partial charge < -0.3 is 0 Å². The predicted octanol–water partition coefficient (Wildman–Crippen LogP) is 2.63. The summed E-state index contributed by atoms with van der Waals surface area (Å²) in [6.07, 6.45) is 11.2. The fourth-order valence-electron chi connectivity index (χ4n) is 2.89. The molecule has 2 aromatic heterocycles. The molecule has 2 heterocycles. The first-order valence-corrected chi connectivity index (χ1v) is 8.06. The van der Waals surface area contributed by atoms with Gasteiger partial charge in [0.15, 0.2) is 0 Å². The van der Waals surface area contributed by atoms with Crippen molar-refractivity contribution >= 4 is 5.91 Å². The van der Waals surface area contributed by atoms with Crippen molar-refractivity contribution in [2.75, 3.05) is 0 Å². The first-order valence-electron chi connectivity index (χ1n) is 8.06. The first kappa shape index (κ1) is 14.8. The van der Waals surface area contributed by atoms with E-state index in [2.05, 4.69) is 5.10 Å². The number of hydrogen-bond donors (Lipinski definition) is 0. The Hall–Kier alpha value is -2.17. The molecule has 1 fully saturated rings. The van der Waals surface area contributed by atoms with Crippen LogP contribution in [-0.4, -0.2) is 26.3 Å². The van der Waals surface area contributed by atoms with Crippen molar-refractivity contribution in [1.82, 2.24) is 14.3 Å². The molecule has 0 radical (unpaired) electrons. The number of pyridine rings is 1. The summed E-state index contributed by atoms with van der Waals surface area (Å²) in [4.78, 5) is 17.5. The second-order valence-electron chi connectivity index (χ2n) is 5.74. The van der Waals surface area contributed by atoms with Gasteiger partial charge in [0.25, 0.3) is 5.91 Å². The number of carbonyl (C=O) groups excluding carboxylic acids is 1. The Morgan fingerprint density at radius 1 is 1.32 bits per heavy atom. The molecule has 0 N–H and O–H groups in total. The van der Waals surface area contributed by atoms with Gasteiger partial charge in [-0.1, -0.05) is 25.3 Å². The molecule has 1 aliphatic carbocycles. The zero-order valence-corrected chi connectivity index (χ0v) is 13.0. The molecule has 0 bridgehead atoms. The third-order valence-corrected chi connectivity index (χ3v) is 4.15. The molecular weight excluding hydrogens is 276 g/mol. The van der Waals surface area contributed by atoms with E-state index < -0.39 is 0 Å². The lowest BCUT2D eigenvalue weighted by Crippen LogP contribution is -2.29. The molecule has 0 saturated heterocycles. The molecule has 5 nitrogen and oxygen atoms in total. The third-order valence-electron chi connectivity index (χ3n) is 4.15. The minimum absolute atomic E-state index is 0.0742. The van der Waals surface area contributed by atoms with E-state index >= 15 is 0 Å². The fourth-order valence-corrected chi connectivity index (χ4v) is 2.89. The lowest BCUT2D eigenvalue weighted by Gasteiger charge is -2.17. The van der Waals surface area contributed by atoms with Gasteiger partial charge in [-0.3, -0.25) is 19.0 Å². The van der Waals surface area contributed by atoms with Crippen LogP contribution in [0.1, 0.15) is 49.4 Å². The van der Waals surface area contributed by atoms with Crippen molar-refractivity contribution in [2.45, 2.75) is 51.6 Å². The number of aromatic nitrogens is 3. The van der Waals surface area contributed by atoms with Crippen LogP contribution in [0.3, 0.4) is 0 Å². The van der Waals surface area contributed by atoms with Crippen LogP contribution in [0.25, 0.3) is 0 Å².